The second kappa shape index (κ2) is 4.42. The van der Waals surface area contributed by atoms with Crippen LogP contribution in [0.3, 0.4) is 0 Å². The van der Waals surface area contributed by atoms with E-state index in [-0.39, 0.29) is 12.0 Å². The molecule has 1 heterocycles. The molecule has 1 rings (SSSR count). The molecule has 1 N–H and O–H groups in total. The molecule has 0 aliphatic carbocycles. The first-order valence-corrected chi connectivity index (χ1v) is 4.70. The number of hydrogen-bond donors (Lipinski definition) is 1. The Kier molecular flexibility index (Phi) is 3.48. The Morgan fingerprint density at radius 1 is 1.54 bits per heavy atom. The topological polar surface area (TPSA) is 38.3 Å². The Balaban J connectivity index is 2.53. The molecule has 1 aliphatic heterocycles. The van der Waals surface area contributed by atoms with E-state index in [1.54, 1.807) is 0 Å². The summed E-state index contributed by atoms with van der Waals surface area (Å²) in [5, 5.41) is 3.15. The van der Waals surface area contributed by atoms with Gasteiger partial charge in [-0.05, 0) is 27.2 Å². The van der Waals surface area contributed by atoms with Crippen LogP contribution in [0.4, 0.5) is 0 Å². The molecule has 0 fully saturated rings. The minimum atomic E-state index is -0.136. The summed E-state index contributed by atoms with van der Waals surface area (Å²) >= 11 is 0. The fraction of sp³-hybridized carbons (Fsp3) is 0.700. The Labute approximate surface area is 79.2 Å². The van der Waals surface area contributed by atoms with Crippen molar-refractivity contribution >= 4 is 5.97 Å². The molecule has 0 spiro atoms. The van der Waals surface area contributed by atoms with E-state index in [1.807, 2.05) is 6.92 Å². The van der Waals surface area contributed by atoms with E-state index in [0.717, 1.165) is 13.0 Å². The molecule has 0 aromatic carbocycles. The summed E-state index contributed by atoms with van der Waals surface area (Å²) in [6.07, 6.45) is 0.782. The fourth-order valence-corrected chi connectivity index (χ4v) is 1.39. The molecule has 0 saturated carbocycles. The predicted octanol–water partition coefficient (Wildman–Crippen LogP) is 1.25. The highest BCUT2D eigenvalue weighted by atomic mass is 16.5. The van der Waals surface area contributed by atoms with Crippen molar-refractivity contribution in [2.45, 2.75) is 33.2 Å². The zero-order chi connectivity index (χ0) is 9.84. The van der Waals surface area contributed by atoms with Crippen LogP contribution in [-0.2, 0) is 9.53 Å². The molecule has 0 aromatic rings. The van der Waals surface area contributed by atoms with Gasteiger partial charge in [-0.3, -0.25) is 4.79 Å². The van der Waals surface area contributed by atoms with Crippen LogP contribution in [-0.4, -0.2) is 25.2 Å². The van der Waals surface area contributed by atoms with Gasteiger partial charge in [-0.1, -0.05) is 11.1 Å². The van der Waals surface area contributed by atoms with Gasteiger partial charge in [-0.2, -0.15) is 0 Å². The average molecular weight is 183 g/mol. The number of esters is 1. The van der Waals surface area contributed by atoms with Crippen molar-refractivity contribution in [3.63, 3.8) is 0 Å². The number of carbonyl (C=O) groups excluding carboxylic acids is 1. The van der Waals surface area contributed by atoms with Gasteiger partial charge in [0.05, 0.1) is 6.61 Å². The van der Waals surface area contributed by atoms with Gasteiger partial charge in [0.2, 0.25) is 0 Å². The van der Waals surface area contributed by atoms with Crippen LogP contribution in [0.5, 0.6) is 0 Å². The third kappa shape index (κ3) is 2.56. The Hall–Kier alpha value is -0.830. The number of carbonyl (C=O) groups is 1. The summed E-state index contributed by atoms with van der Waals surface area (Å²) in [5.74, 6) is -0.130. The minimum absolute atomic E-state index is 0.130. The predicted molar refractivity (Wildman–Crippen MR) is 51.4 cm³/mol. The third-order valence-corrected chi connectivity index (χ3v) is 2.42. The van der Waals surface area contributed by atoms with E-state index in [2.05, 4.69) is 19.2 Å². The quantitative estimate of drug-likeness (QED) is 0.517. The highest BCUT2D eigenvalue weighted by Gasteiger charge is 2.23. The van der Waals surface area contributed by atoms with Gasteiger partial charge in [0.25, 0.3) is 0 Å². The Morgan fingerprint density at radius 2 is 2.23 bits per heavy atom. The van der Waals surface area contributed by atoms with Gasteiger partial charge in [0, 0.05) is 6.54 Å². The summed E-state index contributed by atoms with van der Waals surface area (Å²) in [6.45, 7) is 7.24. The zero-order valence-corrected chi connectivity index (χ0v) is 8.52. The van der Waals surface area contributed by atoms with E-state index in [4.69, 9.17) is 4.74 Å². The lowest BCUT2D eigenvalue weighted by Crippen LogP contribution is -2.42. The normalized spacial score (nSPS) is 23.2. The van der Waals surface area contributed by atoms with Crippen molar-refractivity contribution in [3.05, 3.63) is 11.1 Å². The largest absolute Gasteiger partial charge is 0.465 e. The van der Waals surface area contributed by atoms with E-state index in [9.17, 15) is 4.79 Å². The summed E-state index contributed by atoms with van der Waals surface area (Å²) in [7, 11) is 0. The molecular formula is C10H17NO2. The van der Waals surface area contributed by atoms with Crippen molar-refractivity contribution in [3.8, 4) is 0 Å². The SMILES string of the molecule is CCOC(=O)[C@@H]1CC(C)=C(C)CN1. The Bertz CT molecular complexity index is 233. The van der Waals surface area contributed by atoms with Crippen LogP contribution in [0, 0.1) is 0 Å². The van der Waals surface area contributed by atoms with Gasteiger partial charge in [0.1, 0.15) is 6.04 Å². The summed E-state index contributed by atoms with van der Waals surface area (Å²) in [5.41, 5.74) is 2.64. The van der Waals surface area contributed by atoms with Gasteiger partial charge in [0.15, 0.2) is 0 Å². The number of ether oxygens (including phenoxy) is 1. The van der Waals surface area contributed by atoms with Crippen LogP contribution < -0.4 is 5.32 Å². The molecular weight excluding hydrogens is 166 g/mol. The number of nitrogens with one attached hydrogen (secondary N) is 1. The first-order valence-electron chi connectivity index (χ1n) is 4.70. The van der Waals surface area contributed by atoms with Crippen LogP contribution in [0.25, 0.3) is 0 Å². The molecule has 0 bridgehead atoms. The Morgan fingerprint density at radius 3 is 2.77 bits per heavy atom. The lowest BCUT2D eigenvalue weighted by atomic mass is 9.98. The number of rotatable bonds is 2. The summed E-state index contributed by atoms with van der Waals surface area (Å²) < 4.78 is 4.94. The first-order chi connectivity index (χ1) is 6.15. The van der Waals surface area contributed by atoms with E-state index in [1.165, 1.54) is 11.1 Å². The van der Waals surface area contributed by atoms with Gasteiger partial charge < -0.3 is 10.1 Å². The highest BCUT2D eigenvalue weighted by molar-refractivity contribution is 5.76. The second-order valence-corrected chi connectivity index (χ2v) is 3.45. The summed E-state index contributed by atoms with van der Waals surface area (Å²) in [6, 6.07) is -0.136. The summed E-state index contributed by atoms with van der Waals surface area (Å²) in [4.78, 5) is 11.3. The van der Waals surface area contributed by atoms with Crippen molar-refractivity contribution < 1.29 is 9.53 Å². The molecule has 1 atom stereocenters. The molecule has 1 aliphatic rings. The highest BCUT2D eigenvalue weighted by Crippen LogP contribution is 2.15. The molecule has 0 saturated heterocycles. The minimum Gasteiger partial charge on any atom is -0.465 e. The maximum Gasteiger partial charge on any atom is 0.323 e. The first kappa shape index (κ1) is 10.3. The number of hydrogen-bond acceptors (Lipinski definition) is 3. The van der Waals surface area contributed by atoms with E-state index in [0.29, 0.717) is 6.61 Å². The van der Waals surface area contributed by atoms with Crippen LogP contribution in [0.15, 0.2) is 11.1 Å². The standard InChI is InChI=1S/C10H17NO2/c1-4-13-10(12)9-5-7(2)8(3)6-11-9/h9,11H,4-6H2,1-3H3/t9-/m0/s1. The second-order valence-electron chi connectivity index (χ2n) is 3.45. The zero-order valence-electron chi connectivity index (χ0n) is 8.52. The smallest absolute Gasteiger partial charge is 0.323 e. The lowest BCUT2D eigenvalue weighted by Gasteiger charge is -2.24. The lowest BCUT2D eigenvalue weighted by molar-refractivity contribution is -0.145. The van der Waals surface area contributed by atoms with Crippen LogP contribution in [0.1, 0.15) is 27.2 Å². The van der Waals surface area contributed by atoms with Crippen molar-refractivity contribution in [1.29, 1.82) is 0 Å². The monoisotopic (exact) mass is 183 g/mol. The van der Waals surface area contributed by atoms with Crippen LogP contribution in [0.2, 0.25) is 0 Å². The third-order valence-electron chi connectivity index (χ3n) is 2.42. The molecule has 0 aromatic heterocycles. The average Bonchev–Trinajstić information content (AvgIpc) is 2.10. The van der Waals surface area contributed by atoms with Crippen molar-refractivity contribution in [1.82, 2.24) is 5.32 Å². The van der Waals surface area contributed by atoms with Crippen molar-refractivity contribution in [2.24, 2.45) is 0 Å². The van der Waals surface area contributed by atoms with Gasteiger partial charge in [-0.25, -0.2) is 0 Å². The maximum atomic E-state index is 11.3. The van der Waals surface area contributed by atoms with E-state index >= 15 is 0 Å². The molecule has 3 heteroatoms. The van der Waals surface area contributed by atoms with Crippen molar-refractivity contribution in [2.75, 3.05) is 13.2 Å². The fourth-order valence-electron chi connectivity index (χ4n) is 1.39. The molecule has 13 heavy (non-hydrogen) atoms. The molecule has 0 unspecified atom stereocenters. The van der Waals surface area contributed by atoms with Gasteiger partial charge in [-0.15, -0.1) is 0 Å². The van der Waals surface area contributed by atoms with Gasteiger partial charge >= 0.3 is 5.97 Å². The maximum absolute atomic E-state index is 11.3. The molecule has 74 valence electrons. The van der Waals surface area contributed by atoms with Crippen LogP contribution >= 0.6 is 0 Å². The van der Waals surface area contributed by atoms with E-state index < -0.39 is 0 Å². The molecule has 3 nitrogen and oxygen atoms in total. The molecule has 0 amide bonds. The molecule has 0 radical (unpaired) electrons.